The molecule has 0 saturated carbocycles. The first-order valence-electron chi connectivity index (χ1n) is 9.80. The van der Waals surface area contributed by atoms with Crippen molar-refractivity contribution in [2.24, 2.45) is 5.92 Å². The van der Waals surface area contributed by atoms with Crippen LogP contribution in [0.2, 0.25) is 0 Å². The predicted octanol–water partition coefficient (Wildman–Crippen LogP) is 3.70. The number of hydrogen-bond donors (Lipinski definition) is 0. The van der Waals surface area contributed by atoms with Crippen molar-refractivity contribution in [3.8, 4) is 17.1 Å². The van der Waals surface area contributed by atoms with E-state index in [-0.39, 0.29) is 36.5 Å². The molecule has 0 spiro atoms. The quantitative estimate of drug-likeness (QED) is 0.628. The minimum absolute atomic E-state index is 0.0569. The van der Waals surface area contributed by atoms with Crippen LogP contribution in [0.3, 0.4) is 0 Å². The second-order valence-corrected chi connectivity index (χ2v) is 7.09. The zero-order valence-corrected chi connectivity index (χ0v) is 16.9. The maximum absolute atomic E-state index is 13.0. The standard InChI is InChI=1S/C21H18F3N4O4/c1-2-11-27-19(29)15-5-3-4-6-16(15)28(20(27)30)12-17-25-18(26-32-17)13-7-9-14(10-8-13)31-21(22,23)24/h3-10,15H,2,11-12H2,1H3/q+1. The van der Waals surface area contributed by atoms with Gasteiger partial charge in [0.15, 0.2) is 6.54 Å². The summed E-state index contributed by atoms with van der Waals surface area (Å²) in [5, 5.41) is 3.85. The summed E-state index contributed by atoms with van der Waals surface area (Å²) >= 11 is 0. The van der Waals surface area contributed by atoms with Crippen molar-refractivity contribution < 1.29 is 36.6 Å². The van der Waals surface area contributed by atoms with Gasteiger partial charge in [-0.05, 0) is 36.8 Å². The molecule has 1 aromatic carbocycles. The topological polar surface area (TPSA) is 88.5 Å². The Bertz CT molecular complexity index is 1130. The van der Waals surface area contributed by atoms with Crippen molar-refractivity contribution >= 4 is 17.6 Å². The largest absolute Gasteiger partial charge is 0.573 e. The monoisotopic (exact) mass is 447 g/mol. The maximum atomic E-state index is 13.0. The van der Waals surface area contributed by atoms with Gasteiger partial charge in [0.05, 0.1) is 6.54 Å². The highest BCUT2D eigenvalue weighted by molar-refractivity contribution is 6.16. The third-order valence-electron chi connectivity index (χ3n) is 4.86. The van der Waals surface area contributed by atoms with Crippen molar-refractivity contribution in [3.63, 3.8) is 0 Å². The van der Waals surface area contributed by atoms with E-state index in [1.807, 2.05) is 6.92 Å². The minimum Gasteiger partial charge on any atom is -0.406 e. The minimum atomic E-state index is -4.78. The van der Waals surface area contributed by atoms with Crippen LogP contribution in [0.1, 0.15) is 19.2 Å². The molecule has 0 bridgehead atoms. The Morgan fingerprint density at radius 2 is 1.94 bits per heavy atom. The molecule has 2 aliphatic rings. The lowest BCUT2D eigenvalue weighted by Gasteiger charge is -2.26. The number of allylic oxidation sites excluding steroid dienone is 3. The van der Waals surface area contributed by atoms with E-state index < -0.39 is 18.3 Å². The average Bonchev–Trinajstić information content (AvgIpc) is 3.22. The summed E-state index contributed by atoms with van der Waals surface area (Å²) in [7, 11) is 0. The number of ether oxygens (including phenoxy) is 1. The summed E-state index contributed by atoms with van der Waals surface area (Å²) < 4.78 is 47.5. The summed E-state index contributed by atoms with van der Waals surface area (Å²) in [6.07, 6.45) is 2.74. The summed E-state index contributed by atoms with van der Waals surface area (Å²) in [5.41, 5.74) is 0.927. The molecule has 1 aromatic heterocycles. The lowest BCUT2D eigenvalue weighted by molar-refractivity contribution is -0.460. The molecule has 0 saturated heterocycles. The average molecular weight is 447 g/mol. The lowest BCUT2D eigenvalue weighted by atomic mass is 9.94. The van der Waals surface area contributed by atoms with Crippen LogP contribution in [0.15, 0.2) is 53.1 Å². The number of carbonyl (C=O) groups is 2. The molecule has 8 nitrogen and oxygen atoms in total. The molecule has 1 atom stereocenters. The molecule has 0 fully saturated rings. The Kier molecular flexibility index (Phi) is 5.64. The molecule has 0 N–H and O–H groups in total. The second kappa shape index (κ2) is 8.40. The Balaban J connectivity index is 1.58. The smallest absolute Gasteiger partial charge is 0.406 e. The molecular formula is C21H18F3N4O4+. The van der Waals surface area contributed by atoms with Crippen LogP contribution in [-0.4, -0.2) is 50.2 Å². The molecule has 2 heterocycles. The third-order valence-corrected chi connectivity index (χ3v) is 4.86. The molecule has 32 heavy (non-hydrogen) atoms. The Morgan fingerprint density at radius 3 is 2.62 bits per heavy atom. The first-order chi connectivity index (χ1) is 15.3. The Hall–Kier alpha value is -3.76. The number of amides is 3. The second-order valence-electron chi connectivity index (χ2n) is 7.09. The number of benzene rings is 1. The fourth-order valence-corrected chi connectivity index (χ4v) is 3.48. The van der Waals surface area contributed by atoms with Gasteiger partial charge >= 0.3 is 18.3 Å². The van der Waals surface area contributed by atoms with E-state index >= 15 is 0 Å². The van der Waals surface area contributed by atoms with Crippen molar-refractivity contribution in [2.45, 2.75) is 26.3 Å². The van der Waals surface area contributed by atoms with Crippen LogP contribution in [-0.2, 0) is 11.3 Å². The zero-order valence-electron chi connectivity index (χ0n) is 16.9. The van der Waals surface area contributed by atoms with E-state index in [4.69, 9.17) is 4.52 Å². The number of urea groups is 1. The number of hydrogen-bond acceptors (Lipinski definition) is 6. The molecule has 1 aliphatic heterocycles. The lowest BCUT2D eigenvalue weighted by Crippen LogP contribution is -2.54. The number of alkyl halides is 3. The van der Waals surface area contributed by atoms with Gasteiger partial charge in [-0.3, -0.25) is 0 Å². The van der Waals surface area contributed by atoms with Gasteiger partial charge in [0, 0.05) is 5.56 Å². The number of aromatic nitrogens is 2. The number of carbonyl (C=O) groups excluding carboxylic acids is 2. The van der Waals surface area contributed by atoms with E-state index in [1.54, 1.807) is 24.3 Å². The maximum Gasteiger partial charge on any atom is 0.573 e. The molecule has 11 heteroatoms. The highest BCUT2D eigenvalue weighted by atomic mass is 19.4. The van der Waals surface area contributed by atoms with Gasteiger partial charge in [0.25, 0.3) is 5.89 Å². The van der Waals surface area contributed by atoms with Crippen LogP contribution in [0.5, 0.6) is 5.75 Å². The Morgan fingerprint density at radius 1 is 1.19 bits per heavy atom. The van der Waals surface area contributed by atoms with E-state index in [0.29, 0.717) is 17.7 Å². The van der Waals surface area contributed by atoms with Crippen LogP contribution in [0.25, 0.3) is 11.4 Å². The fraction of sp³-hybridized carbons (Fsp3) is 0.286. The summed E-state index contributed by atoms with van der Waals surface area (Å²) in [6.45, 7) is 2.10. The molecule has 0 radical (unpaired) electrons. The van der Waals surface area contributed by atoms with Gasteiger partial charge in [0.1, 0.15) is 17.4 Å². The molecule has 1 unspecified atom stereocenters. The number of rotatable bonds is 6. The van der Waals surface area contributed by atoms with Crippen LogP contribution in [0, 0.1) is 5.92 Å². The predicted molar refractivity (Wildman–Crippen MR) is 105 cm³/mol. The van der Waals surface area contributed by atoms with Crippen LogP contribution < -0.4 is 4.74 Å². The molecule has 2 aromatic rings. The molecule has 3 amide bonds. The number of imide groups is 1. The van der Waals surface area contributed by atoms with Crippen LogP contribution in [0.4, 0.5) is 18.0 Å². The van der Waals surface area contributed by atoms with E-state index in [1.165, 1.54) is 21.6 Å². The van der Waals surface area contributed by atoms with E-state index in [2.05, 4.69) is 14.9 Å². The third kappa shape index (κ3) is 4.32. The first kappa shape index (κ1) is 21.5. The van der Waals surface area contributed by atoms with Gasteiger partial charge < -0.3 is 9.26 Å². The highest BCUT2D eigenvalue weighted by Crippen LogP contribution is 2.26. The highest BCUT2D eigenvalue weighted by Gasteiger charge is 2.46. The molecule has 166 valence electrons. The van der Waals surface area contributed by atoms with Gasteiger partial charge in [-0.25, -0.2) is 4.79 Å². The summed E-state index contributed by atoms with van der Waals surface area (Å²) in [5.74, 6) is -0.970. The van der Waals surface area contributed by atoms with Crippen molar-refractivity contribution in [3.05, 3.63) is 54.5 Å². The molecule has 1 aliphatic carbocycles. The number of halogens is 3. The summed E-state index contributed by atoms with van der Waals surface area (Å²) in [4.78, 5) is 31.1. The van der Waals surface area contributed by atoms with Crippen molar-refractivity contribution in [2.75, 3.05) is 6.54 Å². The molecular weight excluding hydrogens is 429 g/mol. The van der Waals surface area contributed by atoms with Gasteiger partial charge in [-0.1, -0.05) is 30.3 Å². The van der Waals surface area contributed by atoms with Crippen molar-refractivity contribution in [1.29, 1.82) is 0 Å². The van der Waals surface area contributed by atoms with Crippen molar-refractivity contribution in [1.82, 2.24) is 15.0 Å². The number of fused-ring (bicyclic) bond motifs is 1. The number of nitrogens with zero attached hydrogens (tertiary/aromatic N) is 4. The van der Waals surface area contributed by atoms with Crippen LogP contribution >= 0.6 is 0 Å². The SMILES string of the molecule is CCCN1C(=O)C2C=CC=CC2=[N+](Cc2nc(-c3ccc(OC(F)(F)F)cc3)no2)C1=O. The van der Waals surface area contributed by atoms with E-state index in [9.17, 15) is 22.8 Å². The summed E-state index contributed by atoms with van der Waals surface area (Å²) in [6, 6.07) is 4.53. The Labute approximate surface area is 180 Å². The molecule has 4 rings (SSSR count). The zero-order chi connectivity index (χ0) is 22.9. The van der Waals surface area contributed by atoms with Gasteiger partial charge in [-0.15, -0.1) is 13.2 Å². The first-order valence-corrected chi connectivity index (χ1v) is 9.80. The van der Waals surface area contributed by atoms with Gasteiger partial charge in [0.2, 0.25) is 5.82 Å². The van der Waals surface area contributed by atoms with E-state index in [0.717, 1.165) is 12.1 Å². The fourth-order valence-electron chi connectivity index (χ4n) is 3.48. The normalized spacial score (nSPS) is 18.4. The van der Waals surface area contributed by atoms with Gasteiger partial charge in [-0.2, -0.15) is 19.3 Å².